The summed E-state index contributed by atoms with van der Waals surface area (Å²) >= 11 is 5.15. The van der Waals surface area contributed by atoms with Gasteiger partial charge >= 0.3 is 0 Å². The molecule has 3 aromatic rings. The number of para-hydroxylation sites is 1. The van der Waals surface area contributed by atoms with Crippen LogP contribution in [0, 0.1) is 5.82 Å². The Balaban J connectivity index is 1.74. The molecule has 2 heterocycles. The first kappa shape index (κ1) is 17.8. The Morgan fingerprint density at radius 3 is 2.32 bits per heavy atom. The van der Waals surface area contributed by atoms with Gasteiger partial charge in [0.1, 0.15) is 11.4 Å². The SMILES string of the molecule is O=C1NC(=S)N(c2ccc(F)cc2)C(=O)C1=Cc1cccn1-c1ccccc1. The van der Waals surface area contributed by atoms with Gasteiger partial charge in [-0.3, -0.25) is 19.8 Å². The lowest BCUT2D eigenvalue weighted by Crippen LogP contribution is -2.54. The van der Waals surface area contributed by atoms with Crippen molar-refractivity contribution in [3.05, 3.63) is 90.0 Å². The summed E-state index contributed by atoms with van der Waals surface area (Å²) in [5.41, 5.74) is 1.88. The molecule has 0 atom stereocenters. The van der Waals surface area contributed by atoms with Crippen molar-refractivity contribution in [2.45, 2.75) is 0 Å². The molecule has 0 bridgehead atoms. The first-order chi connectivity index (χ1) is 13.5. The molecule has 0 radical (unpaired) electrons. The summed E-state index contributed by atoms with van der Waals surface area (Å²) in [5.74, 6) is -1.57. The second-order valence-electron chi connectivity index (χ2n) is 6.07. The van der Waals surface area contributed by atoms with E-state index < -0.39 is 17.6 Å². The van der Waals surface area contributed by atoms with Gasteiger partial charge in [-0.15, -0.1) is 0 Å². The minimum Gasteiger partial charge on any atom is -0.317 e. The van der Waals surface area contributed by atoms with Crippen LogP contribution in [0.4, 0.5) is 10.1 Å². The number of amides is 2. The Morgan fingerprint density at radius 1 is 0.893 bits per heavy atom. The van der Waals surface area contributed by atoms with E-state index >= 15 is 0 Å². The molecular weight excluding hydrogens is 377 g/mol. The average molecular weight is 391 g/mol. The molecular formula is C21H14FN3O2S. The maximum Gasteiger partial charge on any atom is 0.270 e. The molecule has 1 aliphatic rings. The van der Waals surface area contributed by atoms with Crippen molar-refractivity contribution in [2.24, 2.45) is 0 Å². The van der Waals surface area contributed by atoms with Crippen molar-refractivity contribution in [3.8, 4) is 5.69 Å². The summed E-state index contributed by atoms with van der Waals surface area (Å²) in [5, 5.41) is 2.48. The maximum absolute atomic E-state index is 13.2. The highest BCUT2D eigenvalue weighted by molar-refractivity contribution is 7.80. The van der Waals surface area contributed by atoms with E-state index in [0.29, 0.717) is 11.4 Å². The molecule has 2 amide bonds. The van der Waals surface area contributed by atoms with Crippen molar-refractivity contribution in [1.29, 1.82) is 0 Å². The van der Waals surface area contributed by atoms with Crippen LogP contribution in [0.1, 0.15) is 5.69 Å². The topological polar surface area (TPSA) is 54.3 Å². The van der Waals surface area contributed by atoms with Crippen LogP contribution in [0.3, 0.4) is 0 Å². The van der Waals surface area contributed by atoms with Crippen molar-refractivity contribution < 1.29 is 14.0 Å². The summed E-state index contributed by atoms with van der Waals surface area (Å²) in [6, 6.07) is 18.5. The predicted molar refractivity (Wildman–Crippen MR) is 108 cm³/mol. The molecule has 7 heteroatoms. The Hall–Kier alpha value is -3.58. The van der Waals surface area contributed by atoms with Crippen molar-refractivity contribution in [3.63, 3.8) is 0 Å². The van der Waals surface area contributed by atoms with E-state index in [2.05, 4.69) is 5.32 Å². The zero-order chi connectivity index (χ0) is 19.7. The van der Waals surface area contributed by atoms with E-state index in [9.17, 15) is 14.0 Å². The lowest BCUT2D eigenvalue weighted by atomic mass is 10.1. The van der Waals surface area contributed by atoms with Crippen LogP contribution in [0.5, 0.6) is 0 Å². The molecule has 2 aromatic carbocycles. The predicted octanol–water partition coefficient (Wildman–Crippen LogP) is 3.45. The Labute approximate surface area is 165 Å². The van der Waals surface area contributed by atoms with Crippen LogP contribution in [0.2, 0.25) is 0 Å². The number of thiocarbonyl (C=S) groups is 1. The maximum atomic E-state index is 13.2. The summed E-state index contributed by atoms with van der Waals surface area (Å²) in [6.07, 6.45) is 3.36. The van der Waals surface area contributed by atoms with Gasteiger partial charge in [0.15, 0.2) is 5.11 Å². The van der Waals surface area contributed by atoms with Gasteiger partial charge in [-0.05, 0) is 66.8 Å². The third kappa shape index (κ3) is 3.23. The summed E-state index contributed by atoms with van der Waals surface area (Å²) in [7, 11) is 0. The highest BCUT2D eigenvalue weighted by Gasteiger charge is 2.34. The van der Waals surface area contributed by atoms with Gasteiger partial charge in [0.05, 0.1) is 5.69 Å². The van der Waals surface area contributed by atoms with E-state index in [1.165, 1.54) is 35.2 Å². The number of rotatable bonds is 3. The highest BCUT2D eigenvalue weighted by Crippen LogP contribution is 2.23. The quantitative estimate of drug-likeness (QED) is 0.423. The summed E-state index contributed by atoms with van der Waals surface area (Å²) in [6.45, 7) is 0. The number of hydrogen-bond donors (Lipinski definition) is 1. The molecule has 1 fully saturated rings. The van der Waals surface area contributed by atoms with Crippen LogP contribution in [-0.4, -0.2) is 21.5 Å². The number of nitrogens with zero attached hydrogens (tertiary/aromatic N) is 2. The molecule has 1 saturated heterocycles. The summed E-state index contributed by atoms with van der Waals surface area (Å²) in [4.78, 5) is 26.6. The molecule has 1 aromatic heterocycles. The lowest BCUT2D eigenvalue weighted by molar-refractivity contribution is -0.122. The number of anilines is 1. The first-order valence-corrected chi connectivity index (χ1v) is 8.85. The van der Waals surface area contributed by atoms with Crippen LogP contribution in [-0.2, 0) is 9.59 Å². The van der Waals surface area contributed by atoms with Gasteiger partial charge in [0.2, 0.25) is 0 Å². The van der Waals surface area contributed by atoms with Gasteiger partial charge in [0.25, 0.3) is 11.8 Å². The monoisotopic (exact) mass is 391 g/mol. The van der Waals surface area contributed by atoms with Crippen LogP contribution in [0.15, 0.2) is 78.5 Å². The van der Waals surface area contributed by atoms with Crippen molar-refractivity contribution in [1.82, 2.24) is 9.88 Å². The van der Waals surface area contributed by atoms with Gasteiger partial charge in [-0.2, -0.15) is 0 Å². The number of hydrogen-bond acceptors (Lipinski definition) is 3. The molecule has 0 saturated carbocycles. The van der Waals surface area contributed by atoms with E-state index in [4.69, 9.17) is 12.2 Å². The second-order valence-corrected chi connectivity index (χ2v) is 6.46. The average Bonchev–Trinajstić information content (AvgIpc) is 3.15. The molecule has 0 aliphatic carbocycles. The zero-order valence-electron chi connectivity index (χ0n) is 14.5. The molecule has 0 spiro atoms. The molecule has 0 unspecified atom stereocenters. The standard InChI is InChI=1S/C21H14FN3O2S/c22-14-8-10-16(11-9-14)25-20(27)18(19(26)23-21(25)28)13-17-7-4-12-24(17)15-5-2-1-3-6-15/h1-13H,(H,23,26,28). The summed E-state index contributed by atoms with van der Waals surface area (Å²) < 4.78 is 15.1. The van der Waals surface area contributed by atoms with Crippen molar-refractivity contribution >= 4 is 40.9 Å². The first-order valence-electron chi connectivity index (χ1n) is 8.44. The normalized spacial score (nSPS) is 15.8. The number of carbonyl (C=O) groups excluding carboxylic acids is 2. The smallest absolute Gasteiger partial charge is 0.270 e. The minimum atomic E-state index is -0.575. The Kier molecular flexibility index (Phi) is 4.58. The van der Waals surface area contributed by atoms with Gasteiger partial charge in [-0.1, -0.05) is 18.2 Å². The van der Waals surface area contributed by atoms with E-state index in [1.54, 1.807) is 6.07 Å². The number of benzene rings is 2. The highest BCUT2D eigenvalue weighted by atomic mass is 32.1. The zero-order valence-corrected chi connectivity index (χ0v) is 15.3. The molecule has 5 nitrogen and oxygen atoms in total. The van der Waals surface area contributed by atoms with Crippen LogP contribution in [0.25, 0.3) is 11.8 Å². The minimum absolute atomic E-state index is 0.0443. The molecule has 4 rings (SSSR count). The second kappa shape index (κ2) is 7.21. The molecule has 1 aliphatic heterocycles. The fourth-order valence-corrected chi connectivity index (χ4v) is 3.25. The van der Waals surface area contributed by atoms with Crippen LogP contribution >= 0.6 is 12.2 Å². The molecule has 28 heavy (non-hydrogen) atoms. The van der Waals surface area contributed by atoms with E-state index in [0.717, 1.165) is 5.69 Å². The number of aromatic nitrogens is 1. The lowest BCUT2D eigenvalue weighted by Gasteiger charge is -2.28. The Bertz CT molecular complexity index is 1100. The fourth-order valence-electron chi connectivity index (χ4n) is 2.97. The van der Waals surface area contributed by atoms with E-state index in [-0.39, 0.29) is 10.7 Å². The number of carbonyl (C=O) groups is 2. The third-order valence-electron chi connectivity index (χ3n) is 4.29. The third-order valence-corrected chi connectivity index (χ3v) is 4.58. The molecule has 138 valence electrons. The molecule has 1 N–H and O–H groups in total. The largest absolute Gasteiger partial charge is 0.317 e. The number of halogens is 1. The van der Waals surface area contributed by atoms with Gasteiger partial charge < -0.3 is 4.57 Å². The van der Waals surface area contributed by atoms with Crippen molar-refractivity contribution in [2.75, 3.05) is 4.90 Å². The number of nitrogens with one attached hydrogen (secondary N) is 1. The Morgan fingerprint density at radius 2 is 1.61 bits per heavy atom. The van der Waals surface area contributed by atoms with E-state index in [1.807, 2.05) is 47.2 Å². The van der Waals surface area contributed by atoms with Gasteiger partial charge in [-0.25, -0.2) is 4.39 Å². The van der Waals surface area contributed by atoms with Gasteiger partial charge in [0, 0.05) is 17.6 Å². The fraction of sp³-hybridized carbons (Fsp3) is 0. The van der Waals surface area contributed by atoms with Crippen LogP contribution < -0.4 is 10.2 Å².